The van der Waals surface area contributed by atoms with Gasteiger partial charge in [-0.2, -0.15) is 11.8 Å². The van der Waals surface area contributed by atoms with Gasteiger partial charge in [0, 0.05) is 16.3 Å². The molecule has 0 saturated heterocycles. The zero-order valence-corrected chi connectivity index (χ0v) is 9.04. The summed E-state index contributed by atoms with van der Waals surface area (Å²) >= 11 is 7.63. The van der Waals surface area contributed by atoms with Crippen LogP contribution in [0.5, 0.6) is 0 Å². The second-order valence-electron chi connectivity index (χ2n) is 3.28. The van der Waals surface area contributed by atoms with Crippen LogP contribution >= 0.6 is 23.4 Å². The van der Waals surface area contributed by atoms with Gasteiger partial charge in [0.25, 0.3) is 0 Å². The number of halogens is 2. The second-order valence-corrected chi connectivity index (χ2v) is 4.79. The van der Waals surface area contributed by atoms with E-state index in [2.05, 4.69) is 0 Å². The predicted octanol–water partition coefficient (Wildman–Crippen LogP) is 3.15. The number of hydrogen-bond acceptors (Lipinski definition) is 2. The van der Waals surface area contributed by atoms with E-state index < -0.39 is 6.10 Å². The Morgan fingerprint density at radius 1 is 1.50 bits per heavy atom. The fourth-order valence-electron chi connectivity index (χ4n) is 1.63. The molecular weight excluding hydrogens is 223 g/mol. The van der Waals surface area contributed by atoms with Gasteiger partial charge in [-0.15, -0.1) is 0 Å². The number of benzene rings is 1. The highest BCUT2D eigenvalue weighted by Gasteiger charge is 2.22. The molecule has 1 unspecified atom stereocenters. The molecule has 1 aromatic rings. The van der Waals surface area contributed by atoms with Gasteiger partial charge in [0.2, 0.25) is 0 Å². The number of hydrogen-bond donors (Lipinski definition) is 1. The van der Waals surface area contributed by atoms with Gasteiger partial charge in [0.15, 0.2) is 0 Å². The first-order chi connectivity index (χ1) is 6.70. The van der Waals surface area contributed by atoms with Crippen LogP contribution in [0.1, 0.15) is 23.7 Å². The highest BCUT2D eigenvalue weighted by Crippen LogP contribution is 2.36. The topological polar surface area (TPSA) is 20.2 Å². The molecule has 1 N–H and O–H groups in total. The summed E-state index contributed by atoms with van der Waals surface area (Å²) in [5.41, 5.74) is 1.14. The molecule has 1 aliphatic heterocycles. The van der Waals surface area contributed by atoms with Crippen molar-refractivity contribution in [3.8, 4) is 0 Å². The van der Waals surface area contributed by atoms with Crippen molar-refractivity contribution in [2.45, 2.75) is 18.3 Å². The van der Waals surface area contributed by atoms with Crippen molar-refractivity contribution in [3.05, 3.63) is 34.1 Å². The Kier molecular flexibility index (Phi) is 3.00. The van der Waals surface area contributed by atoms with Crippen LogP contribution in [-0.4, -0.2) is 10.9 Å². The molecule has 2 rings (SSSR count). The van der Waals surface area contributed by atoms with Gasteiger partial charge in [-0.3, -0.25) is 0 Å². The van der Waals surface area contributed by atoms with Crippen LogP contribution in [0.4, 0.5) is 4.39 Å². The van der Waals surface area contributed by atoms with E-state index in [1.807, 2.05) is 0 Å². The number of fused-ring (bicyclic) bond motifs is 1. The largest absolute Gasteiger partial charge is 0.388 e. The molecule has 1 atom stereocenters. The molecule has 0 amide bonds. The van der Waals surface area contributed by atoms with E-state index >= 15 is 0 Å². The number of aliphatic hydroxyl groups excluding tert-OH is 1. The molecule has 76 valence electrons. The van der Waals surface area contributed by atoms with Crippen LogP contribution in [0.25, 0.3) is 0 Å². The minimum absolute atomic E-state index is 0.348. The average Bonchev–Trinajstić information content (AvgIpc) is 2.35. The number of aliphatic hydroxyl groups is 1. The Bertz CT molecular complexity index is 356. The lowest BCUT2D eigenvalue weighted by atomic mass is 10.0. The third-order valence-electron chi connectivity index (χ3n) is 2.36. The summed E-state index contributed by atoms with van der Waals surface area (Å²) in [7, 11) is 0. The molecule has 4 heteroatoms. The van der Waals surface area contributed by atoms with Crippen LogP contribution in [0.2, 0.25) is 5.02 Å². The van der Waals surface area contributed by atoms with Gasteiger partial charge in [0.05, 0.1) is 6.10 Å². The SMILES string of the molecule is OC1CCSCc2c(Cl)ccc(F)c21. The molecule has 0 bridgehead atoms. The standard InChI is InChI=1S/C10H10ClFOS/c11-7-1-2-8(12)10-6(7)5-14-4-3-9(10)13/h1-2,9,13H,3-5H2. The van der Waals surface area contributed by atoms with Crippen molar-refractivity contribution in [2.75, 3.05) is 5.75 Å². The Labute approximate surface area is 91.3 Å². The van der Waals surface area contributed by atoms with Crippen LogP contribution in [0.15, 0.2) is 12.1 Å². The van der Waals surface area contributed by atoms with Crippen molar-refractivity contribution in [1.82, 2.24) is 0 Å². The van der Waals surface area contributed by atoms with Crippen molar-refractivity contribution < 1.29 is 9.50 Å². The molecule has 0 aromatic heterocycles. The molecule has 0 fully saturated rings. The zero-order valence-electron chi connectivity index (χ0n) is 7.46. The molecule has 0 radical (unpaired) electrons. The van der Waals surface area contributed by atoms with E-state index in [1.54, 1.807) is 17.8 Å². The third-order valence-corrected chi connectivity index (χ3v) is 3.73. The normalized spacial score (nSPS) is 21.5. The molecule has 1 heterocycles. The van der Waals surface area contributed by atoms with Gasteiger partial charge in [0.1, 0.15) is 5.82 Å². The Morgan fingerprint density at radius 2 is 2.29 bits per heavy atom. The highest BCUT2D eigenvalue weighted by atomic mass is 35.5. The van der Waals surface area contributed by atoms with E-state index in [4.69, 9.17) is 11.6 Å². The first-order valence-corrected chi connectivity index (χ1v) is 5.96. The maximum absolute atomic E-state index is 13.5. The smallest absolute Gasteiger partial charge is 0.129 e. The van der Waals surface area contributed by atoms with Gasteiger partial charge in [-0.1, -0.05) is 11.6 Å². The summed E-state index contributed by atoms with van der Waals surface area (Å²) < 4.78 is 13.5. The van der Waals surface area contributed by atoms with Gasteiger partial charge >= 0.3 is 0 Å². The zero-order chi connectivity index (χ0) is 10.1. The van der Waals surface area contributed by atoms with E-state index in [1.165, 1.54) is 6.07 Å². The van der Waals surface area contributed by atoms with Gasteiger partial charge < -0.3 is 5.11 Å². The monoisotopic (exact) mass is 232 g/mol. The lowest BCUT2D eigenvalue weighted by Gasteiger charge is -2.13. The first kappa shape index (κ1) is 10.3. The van der Waals surface area contributed by atoms with Gasteiger partial charge in [-0.25, -0.2) is 4.39 Å². The van der Waals surface area contributed by atoms with Crippen LogP contribution < -0.4 is 0 Å². The van der Waals surface area contributed by atoms with Crippen molar-refractivity contribution in [1.29, 1.82) is 0 Å². The fraction of sp³-hybridized carbons (Fsp3) is 0.400. The summed E-state index contributed by atoms with van der Waals surface area (Å²) in [6.07, 6.45) is -0.117. The summed E-state index contributed by atoms with van der Waals surface area (Å²) in [6.45, 7) is 0. The third kappa shape index (κ3) is 1.76. The molecule has 0 saturated carbocycles. The lowest BCUT2D eigenvalue weighted by Crippen LogP contribution is -2.03. The second kappa shape index (κ2) is 4.09. The minimum Gasteiger partial charge on any atom is -0.388 e. The number of thioether (sulfide) groups is 1. The van der Waals surface area contributed by atoms with E-state index in [0.29, 0.717) is 22.8 Å². The Balaban J connectivity index is 2.57. The molecule has 1 aromatic carbocycles. The number of rotatable bonds is 0. The molecular formula is C10H10ClFOS. The van der Waals surface area contributed by atoms with E-state index in [9.17, 15) is 9.50 Å². The van der Waals surface area contributed by atoms with E-state index in [-0.39, 0.29) is 5.82 Å². The molecule has 1 nitrogen and oxygen atoms in total. The van der Waals surface area contributed by atoms with Gasteiger partial charge in [-0.05, 0) is 29.9 Å². The summed E-state index contributed by atoms with van der Waals surface area (Å²) in [5, 5.41) is 10.3. The Morgan fingerprint density at radius 3 is 3.07 bits per heavy atom. The van der Waals surface area contributed by atoms with Crippen LogP contribution in [0, 0.1) is 5.82 Å². The first-order valence-electron chi connectivity index (χ1n) is 4.42. The maximum atomic E-state index is 13.5. The molecule has 1 aliphatic rings. The maximum Gasteiger partial charge on any atom is 0.129 e. The molecule has 0 spiro atoms. The highest BCUT2D eigenvalue weighted by molar-refractivity contribution is 7.98. The Hall–Kier alpha value is -0.250. The molecule has 14 heavy (non-hydrogen) atoms. The summed E-state index contributed by atoms with van der Waals surface area (Å²) in [6, 6.07) is 2.87. The van der Waals surface area contributed by atoms with Crippen LogP contribution in [0.3, 0.4) is 0 Å². The van der Waals surface area contributed by atoms with E-state index in [0.717, 1.165) is 11.3 Å². The van der Waals surface area contributed by atoms with Crippen LogP contribution in [-0.2, 0) is 5.75 Å². The average molecular weight is 233 g/mol. The fourth-order valence-corrected chi connectivity index (χ4v) is 2.99. The molecule has 0 aliphatic carbocycles. The summed E-state index contributed by atoms with van der Waals surface area (Å²) in [4.78, 5) is 0. The summed E-state index contributed by atoms with van der Waals surface area (Å²) in [5.74, 6) is 1.17. The van der Waals surface area contributed by atoms with Crippen molar-refractivity contribution in [2.24, 2.45) is 0 Å². The van der Waals surface area contributed by atoms with Crippen molar-refractivity contribution >= 4 is 23.4 Å². The minimum atomic E-state index is -0.710. The predicted molar refractivity (Wildman–Crippen MR) is 57.1 cm³/mol. The van der Waals surface area contributed by atoms with Crippen molar-refractivity contribution in [3.63, 3.8) is 0 Å². The lowest BCUT2D eigenvalue weighted by molar-refractivity contribution is 0.170. The quantitative estimate of drug-likeness (QED) is 0.742.